The fourth-order valence-corrected chi connectivity index (χ4v) is 3.15. The Morgan fingerprint density at radius 3 is 2.63 bits per heavy atom. The van der Waals surface area contributed by atoms with E-state index in [2.05, 4.69) is 0 Å². The summed E-state index contributed by atoms with van der Waals surface area (Å²) < 4.78 is 10.2. The highest BCUT2D eigenvalue weighted by Crippen LogP contribution is 2.41. The average Bonchev–Trinajstić information content (AvgIpc) is 2.57. The number of carbonyl (C=O) groups excluding carboxylic acids is 3. The van der Waals surface area contributed by atoms with Crippen LogP contribution in [-0.2, 0) is 23.9 Å². The molecule has 0 aromatic heterocycles. The maximum absolute atomic E-state index is 12.6. The van der Waals surface area contributed by atoms with Crippen molar-refractivity contribution in [1.29, 1.82) is 0 Å². The van der Waals surface area contributed by atoms with E-state index in [1.165, 1.54) is 6.08 Å². The molecule has 1 aromatic carbocycles. The molecular weight excluding hydrogens is 348 g/mol. The average molecular weight is 374 g/mol. The molecule has 2 rings (SSSR count). The third kappa shape index (κ3) is 4.63. The van der Waals surface area contributed by atoms with Crippen LogP contribution >= 0.6 is 0 Å². The van der Waals surface area contributed by atoms with Crippen LogP contribution in [-0.4, -0.2) is 41.1 Å². The van der Waals surface area contributed by atoms with Crippen molar-refractivity contribution in [3.05, 3.63) is 41.5 Å². The van der Waals surface area contributed by atoms with Gasteiger partial charge < -0.3 is 14.6 Å². The summed E-state index contributed by atoms with van der Waals surface area (Å²) in [7, 11) is 0. The Labute approximate surface area is 159 Å². The van der Waals surface area contributed by atoms with Gasteiger partial charge in [-0.3, -0.25) is 9.59 Å². The van der Waals surface area contributed by atoms with Gasteiger partial charge in [-0.25, -0.2) is 4.79 Å². The number of hydrogen-bond acceptors (Lipinski definition) is 6. The minimum atomic E-state index is -2.24. The van der Waals surface area contributed by atoms with Gasteiger partial charge in [-0.05, 0) is 39.3 Å². The van der Waals surface area contributed by atoms with E-state index < -0.39 is 35.5 Å². The maximum Gasteiger partial charge on any atom is 0.343 e. The molecule has 1 aromatic rings. The topological polar surface area (TPSA) is 89.9 Å². The van der Waals surface area contributed by atoms with Crippen LogP contribution in [0.3, 0.4) is 0 Å². The molecule has 0 radical (unpaired) electrons. The van der Waals surface area contributed by atoms with Gasteiger partial charge in [0.15, 0.2) is 5.60 Å². The molecule has 146 valence electrons. The molecule has 0 amide bonds. The second-order valence-electron chi connectivity index (χ2n) is 7.03. The molecule has 0 heterocycles. The number of hydrogen-bond donors (Lipinski definition) is 1. The lowest BCUT2D eigenvalue weighted by Crippen LogP contribution is -2.59. The van der Waals surface area contributed by atoms with Crippen molar-refractivity contribution in [2.45, 2.75) is 45.8 Å². The van der Waals surface area contributed by atoms with Crippen LogP contribution in [0.4, 0.5) is 0 Å². The second kappa shape index (κ2) is 8.48. The second-order valence-corrected chi connectivity index (χ2v) is 7.03. The highest BCUT2D eigenvalue weighted by atomic mass is 16.6. The molecule has 0 unspecified atom stereocenters. The van der Waals surface area contributed by atoms with E-state index >= 15 is 0 Å². The molecule has 1 fully saturated rings. The third-order valence-electron chi connectivity index (χ3n) is 4.48. The quantitative estimate of drug-likeness (QED) is 0.738. The van der Waals surface area contributed by atoms with Crippen molar-refractivity contribution in [2.75, 3.05) is 6.61 Å². The Bertz CT molecular complexity index is 751. The van der Waals surface area contributed by atoms with Crippen molar-refractivity contribution >= 4 is 23.8 Å². The molecule has 1 N–H and O–H groups in total. The van der Waals surface area contributed by atoms with E-state index in [1.807, 2.05) is 31.2 Å². The Morgan fingerprint density at radius 2 is 2.07 bits per heavy atom. The van der Waals surface area contributed by atoms with Gasteiger partial charge in [-0.1, -0.05) is 35.9 Å². The van der Waals surface area contributed by atoms with Crippen molar-refractivity contribution in [2.24, 2.45) is 11.8 Å². The van der Waals surface area contributed by atoms with Crippen LogP contribution in [0, 0.1) is 18.8 Å². The van der Waals surface area contributed by atoms with E-state index in [-0.39, 0.29) is 18.8 Å². The normalized spacial score (nSPS) is 21.6. The predicted octanol–water partition coefficient (Wildman–Crippen LogP) is 2.46. The van der Waals surface area contributed by atoms with Gasteiger partial charge in [0, 0.05) is 6.42 Å². The summed E-state index contributed by atoms with van der Waals surface area (Å²) in [6, 6.07) is 7.44. The van der Waals surface area contributed by atoms with Crippen LogP contribution in [0.15, 0.2) is 30.3 Å². The molecule has 6 nitrogen and oxygen atoms in total. The molecule has 1 aliphatic rings. The van der Waals surface area contributed by atoms with E-state index in [4.69, 9.17) is 9.47 Å². The summed E-state index contributed by atoms with van der Waals surface area (Å²) in [4.78, 5) is 37.0. The van der Waals surface area contributed by atoms with Crippen molar-refractivity contribution in [1.82, 2.24) is 0 Å². The molecule has 0 bridgehead atoms. The molecule has 3 atom stereocenters. The third-order valence-corrected chi connectivity index (χ3v) is 4.48. The zero-order chi connectivity index (χ0) is 20.2. The van der Waals surface area contributed by atoms with Crippen LogP contribution < -0.4 is 0 Å². The number of aryl methyl sites for hydroxylation is 1. The van der Waals surface area contributed by atoms with Crippen molar-refractivity contribution in [3.63, 3.8) is 0 Å². The van der Waals surface area contributed by atoms with Crippen LogP contribution in [0.25, 0.3) is 6.08 Å². The Kier molecular flexibility index (Phi) is 6.54. The fourth-order valence-electron chi connectivity index (χ4n) is 3.15. The van der Waals surface area contributed by atoms with Gasteiger partial charge in [-0.2, -0.15) is 0 Å². The predicted molar refractivity (Wildman–Crippen MR) is 99.6 cm³/mol. The summed E-state index contributed by atoms with van der Waals surface area (Å²) in [6.45, 7) is 7.03. The zero-order valence-electron chi connectivity index (χ0n) is 16.1. The SMILES string of the molecule is CCOC(=O)[C@H]1CC(=O)[C@@H]1[C@](O)(/C=C/c1cccc(C)c1)C(=O)OC(C)C. The van der Waals surface area contributed by atoms with E-state index in [0.717, 1.165) is 11.1 Å². The first-order valence-corrected chi connectivity index (χ1v) is 9.07. The lowest BCUT2D eigenvalue weighted by Gasteiger charge is -2.41. The number of Topliss-reactive ketones (excluding diaryl/α,β-unsaturated/α-hetero) is 1. The van der Waals surface area contributed by atoms with E-state index in [1.54, 1.807) is 26.8 Å². The smallest absolute Gasteiger partial charge is 0.343 e. The first-order chi connectivity index (χ1) is 12.7. The summed E-state index contributed by atoms with van der Waals surface area (Å²) in [6.07, 6.45) is 2.27. The molecule has 1 aliphatic carbocycles. The number of aliphatic hydroxyl groups is 1. The lowest BCUT2D eigenvalue weighted by molar-refractivity contribution is -0.185. The van der Waals surface area contributed by atoms with Crippen molar-refractivity contribution in [3.8, 4) is 0 Å². The number of carbonyl (C=O) groups is 3. The summed E-state index contributed by atoms with van der Waals surface area (Å²) in [5.74, 6) is -4.01. The van der Waals surface area contributed by atoms with Gasteiger partial charge in [0.05, 0.1) is 24.5 Å². The van der Waals surface area contributed by atoms with Crippen LogP contribution in [0.2, 0.25) is 0 Å². The van der Waals surface area contributed by atoms with Gasteiger partial charge in [0.25, 0.3) is 0 Å². The largest absolute Gasteiger partial charge is 0.466 e. The Balaban J connectivity index is 2.38. The molecular formula is C21H26O6. The molecule has 0 saturated heterocycles. The first kappa shape index (κ1) is 20.8. The standard InChI is InChI=1S/C21H26O6/c1-5-26-19(23)16-12-17(22)18(16)21(25,20(24)27-13(2)3)10-9-15-8-6-7-14(4)11-15/h6-11,13,16,18,25H,5,12H2,1-4H3/b10-9+/t16-,18+,21+/m0/s1. The molecule has 1 saturated carbocycles. The van der Waals surface area contributed by atoms with Gasteiger partial charge in [0.1, 0.15) is 5.78 Å². The highest BCUT2D eigenvalue weighted by Gasteiger charge is 2.59. The minimum Gasteiger partial charge on any atom is -0.466 e. The number of ketones is 1. The van der Waals surface area contributed by atoms with E-state index in [0.29, 0.717) is 0 Å². The lowest BCUT2D eigenvalue weighted by atomic mass is 9.63. The van der Waals surface area contributed by atoms with Gasteiger partial charge in [-0.15, -0.1) is 0 Å². The highest BCUT2D eigenvalue weighted by molar-refractivity contribution is 6.02. The minimum absolute atomic E-state index is 0.0565. The molecule has 0 aliphatic heterocycles. The fraction of sp³-hybridized carbons (Fsp3) is 0.476. The number of esters is 2. The monoisotopic (exact) mass is 374 g/mol. The number of rotatable bonds is 7. The number of ether oxygens (including phenoxy) is 2. The van der Waals surface area contributed by atoms with Crippen molar-refractivity contribution < 1.29 is 29.0 Å². The zero-order valence-corrected chi connectivity index (χ0v) is 16.1. The first-order valence-electron chi connectivity index (χ1n) is 9.07. The number of benzene rings is 1. The Hall–Kier alpha value is -2.47. The maximum atomic E-state index is 12.6. The Morgan fingerprint density at radius 1 is 1.37 bits per heavy atom. The molecule has 0 spiro atoms. The summed E-state index contributed by atoms with van der Waals surface area (Å²) >= 11 is 0. The summed E-state index contributed by atoms with van der Waals surface area (Å²) in [5, 5.41) is 11.1. The molecule has 27 heavy (non-hydrogen) atoms. The molecule has 6 heteroatoms. The van der Waals surface area contributed by atoms with Gasteiger partial charge in [0.2, 0.25) is 0 Å². The van der Waals surface area contributed by atoms with Crippen LogP contribution in [0.1, 0.15) is 38.3 Å². The van der Waals surface area contributed by atoms with E-state index in [9.17, 15) is 19.5 Å². The van der Waals surface area contributed by atoms with Gasteiger partial charge >= 0.3 is 11.9 Å². The van der Waals surface area contributed by atoms with Crippen LogP contribution in [0.5, 0.6) is 0 Å². The summed E-state index contributed by atoms with van der Waals surface area (Å²) in [5.41, 5.74) is -0.472.